The van der Waals surface area contributed by atoms with Crippen molar-refractivity contribution in [2.75, 3.05) is 13.1 Å². The monoisotopic (exact) mass is 372 g/mol. The smallest absolute Gasteiger partial charge is 0.272 e. The SMILES string of the molecule is CC(C)[N+](=C(NCC(F)(F)C(F)F)NCC(F)(F)C(F)F)C(C)C. The van der Waals surface area contributed by atoms with Gasteiger partial charge in [-0.3, -0.25) is 15.2 Å². The van der Waals surface area contributed by atoms with E-state index in [4.69, 9.17) is 0 Å². The highest BCUT2D eigenvalue weighted by molar-refractivity contribution is 5.75. The minimum absolute atomic E-state index is 0.402. The van der Waals surface area contributed by atoms with Crippen molar-refractivity contribution in [1.29, 1.82) is 0 Å². The van der Waals surface area contributed by atoms with Gasteiger partial charge in [-0.15, -0.1) is 0 Å². The molecule has 0 aliphatic heterocycles. The number of alkyl halides is 8. The summed E-state index contributed by atoms with van der Waals surface area (Å²) in [4.78, 5) is 0. The second-order valence-electron chi connectivity index (χ2n) is 5.77. The molecule has 0 aromatic rings. The number of nitrogens with zero attached hydrogens (tertiary/aromatic N) is 1. The van der Waals surface area contributed by atoms with Crippen LogP contribution in [-0.2, 0) is 0 Å². The van der Waals surface area contributed by atoms with Crippen LogP contribution in [0.2, 0.25) is 0 Å². The fourth-order valence-corrected chi connectivity index (χ4v) is 1.92. The number of nitrogens with one attached hydrogen (secondary N) is 2. The van der Waals surface area contributed by atoms with E-state index >= 15 is 0 Å². The van der Waals surface area contributed by atoms with Crippen molar-refractivity contribution in [2.24, 2.45) is 0 Å². The molecule has 0 aliphatic carbocycles. The molecule has 0 aromatic heterocycles. The van der Waals surface area contributed by atoms with Crippen molar-refractivity contribution in [2.45, 2.75) is 64.5 Å². The predicted octanol–water partition coefficient (Wildman–Crippen LogP) is 3.15. The van der Waals surface area contributed by atoms with Crippen LogP contribution in [0.3, 0.4) is 0 Å². The van der Waals surface area contributed by atoms with Crippen LogP contribution in [-0.4, -0.2) is 60.4 Å². The molecule has 0 spiro atoms. The molecule has 24 heavy (non-hydrogen) atoms. The summed E-state index contributed by atoms with van der Waals surface area (Å²) in [6.07, 6.45) is -7.92. The Labute approximate surface area is 135 Å². The lowest BCUT2D eigenvalue weighted by Crippen LogP contribution is -2.55. The molecule has 2 N–H and O–H groups in total. The molecule has 3 nitrogen and oxygen atoms in total. The quantitative estimate of drug-likeness (QED) is 0.296. The summed E-state index contributed by atoms with van der Waals surface area (Å²) >= 11 is 0. The van der Waals surface area contributed by atoms with Crippen LogP contribution in [0, 0.1) is 0 Å². The summed E-state index contributed by atoms with van der Waals surface area (Å²) in [5.41, 5.74) is 0. The zero-order chi connectivity index (χ0) is 19.3. The fourth-order valence-electron chi connectivity index (χ4n) is 1.92. The van der Waals surface area contributed by atoms with E-state index in [0.717, 1.165) is 0 Å². The molecule has 0 atom stereocenters. The van der Waals surface area contributed by atoms with Gasteiger partial charge in [0.1, 0.15) is 13.1 Å². The average Bonchev–Trinajstić information content (AvgIpc) is 2.40. The van der Waals surface area contributed by atoms with Gasteiger partial charge in [-0.25, -0.2) is 17.6 Å². The Bertz CT molecular complexity index is 385. The summed E-state index contributed by atoms with van der Waals surface area (Å²) in [5, 5.41) is 3.88. The minimum atomic E-state index is -4.40. The molecule has 0 heterocycles. The van der Waals surface area contributed by atoms with Crippen molar-refractivity contribution < 1.29 is 39.7 Å². The van der Waals surface area contributed by atoms with Gasteiger partial charge in [0.25, 0.3) is 0 Å². The van der Waals surface area contributed by atoms with E-state index in [9.17, 15) is 35.1 Å². The third-order valence-electron chi connectivity index (χ3n) is 2.99. The summed E-state index contributed by atoms with van der Waals surface area (Å²) in [6, 6.07) is -0.805. The maximum absolute atomic E-state index is 13.0. The Kier molecular flexibility index (Phi) is 8.24. The maximum Gasteiger partial charge on any atom is 0.346 e. The van der Waals surface area contributed by atoms with E-state index in [1.807, 2.05) is 10.6 Å². The van der Waals surface area contributed by atoms with Crippen molar-refractivity contribution in [3.63, 3.8) is 0 Å². The van der Waals surface area contributed by atoms with Gasteiger partial charge in [-0.1, -0.05) is 0 Å². The van der Waals surface area contributed by atoms with E-state index in [1.165, 1.54) is 4.58 Å². The first-order valence-electron chi connectivity index (χ1n) is 7.17. The molecule has 0 aromatic carbocycles. The Morgan fingerprint density at radius 2 is 1.04 bits per heavy atom. The highest BCUT2D eigenvalue weighted by atomic mass is 19.3. The van der Waals surface area contributed by atoms with Crippen molar-refractivity contribution in [3.05, 3.63) is 0 Å². The first-order valence-corrected chi connectivity index (χ1v) is 7.17. The Morgan fingerprint density at radius 1 is 0.750 bits per heavy atom. The molecule has 0 rings (SSSR count). The largest absolute Gasteiger partial charge is 0.346 e. The molecule has 0 unspecified atom stereocenters. The number of hydrogen-bond donors (Lipinski definition) is 2. The van der Waals surface area contributed by atoms with Gasteiger partial charge in [0.2, 0.25) is 0 Å². The molecular weight excluding hydrogens is 350 g/mol. The molecule has 0 amide bonds. The van der Waals surface area contributed by atoms with Crippen LogP contribution in [0.4, 0.5) is 35.1 Å². The molecule has 11 heteroatoms. The first-order chi connectivity index (χ1) is 10.7. The van der Waals surface area contributed by atoms with Gasteiger partial charge in [0, 0.05) is 0 Å². The van der Waals surface area contributed by atoms with Gasteiger partial charge in [0.15, 0.2) is 0 Å². The normalized spacial score (nSPS) is 13.2. The van der Waals surface area contributed by atoms with E-state index in [0.29, 0.717) is 0 Å². The lowest BCUT2D eigenvalue weighted by molar-refractivity contribution is -0.591. The van der Waals surface area contributed by atoms with Crippen LogP contribution in [0.25, 0.3) is 0 Å². The van der Waals surface area contributed by atoms with Gasteiger partial charge < -0.3 is 0 Å². The van der Waals surface area contributed by atoms with Gasteiger partial charge in [-0.2, -0.15) is 17.6 Å². The Balaban J connectivity index is 5.43. The number of halogens is 8. The molecular formula is C13H22F8N3+. The second kappa shape index (κ2) is 8.70. The topological polar surface area (TPSA) is 27.1 Å². The summed E-state index contributed by atoms with van der Waals surface area (Å²) in [7, 11) is 0. The standard InChI is InChI=1S/C13H21F8N3/c1-7(2)24(8(3)4)11(22-5-12(18,19)9(14)15)23-6-13(20,21)10(16)17/h7-10H,5-6H2,1-4H3,(H,22,23)/p+1. The van der Waals surface area contributed by atoms with Crippen LogP contribution in [0.1, 0.15) is 27.7 Å². The van der Waals surface area contributed by atoms with Gasteiger partial charge >= 0.3 is 30.7 Å². The third kappa shape index (κ3) is 6.68. The molecule has 0 bridgehead atoms. The lowest BCUT2D eigenvalue weighted by Gasteiger charge is -2.23. The van der Waals surface area contributed by atoms with Crippen molar-refractivity contribution in [3.8, 4) is 0 Å². The first kappa shape index (κ1) is 22.7. The summed E-state index contributed by atoms with van der Waals surface area (Å²) in [5.74, 6) is -9.25. The number of guanidine groups is 1. The van der Waals surface area contributed by atoms with Crippen LogP contribution in [0.15, 0.2) is 0 Å². The minimum Gasteiger partial charge on any atom is -0.272 e. The fraction of sp³-hybridized carbons (Fsp3) is 0.923. The molecule has 144 valence electrons. The second-order valence-corrected chi connectivity index (χ2v) is 5.77. The maximum atomic E-state index is 13.0. The van der Waals surface area contributed by atoms with Crippen molar-refractivity contribution in [1.82, 2.24) is 10.6 Å². The van der Waals surface area contributed by atoms with Gasteiger partial charge in [0.05, 0.1) is 12.1 Å². The van der Waals surface area contributed by atoms with Crippen LogP contribution < -0.4 is 10.6 Å². The third-order valence-corrected chi connectivity index (χ3v) is 2.99. The highest BCUT2D eigenvalue weighted by Crippen LogP contribution is 2.22. The van der Waals surface area contributed by atoms with Crippen LogP contribution >= 0.6 is 0 Å². The van der Waals surface area contributed by atoms with E-state index < -0.39 is 55.8 Å². The molecule has 0 radical (unpaired) electrons. The molecule has 0 saturated heterocycles. The van der Waals surface area contributed by atoms with E-state index in [-0.39, 0.29) is 0 Å². The Hall–Kier alpha value is -1.29. The van der Waals surface area contributed by atoms with Gasteiger partial charge in [-0.05, 0) is 27.7 Å². The molecule has 0 fully saturated rings. The molecule has 0 aliphatic rings. The lowest BCUT2D eigenvalue weighted by atomic mass is 10.2. The van der Waals surface area contributed by atoms with Crippen LogP contribution in [0.5, 0.6) is 0 Å². The number of hydrogen-bond acceptors (Lipinski definition) is 0. The summed E-state index contributed by atoms with van der Waals surface area (Å²) in [6.45, 7) is 3.31. The zero-order valence-corrected chi connectivity index (χ0v) is 13.7. The number of rotatable bonds is 8. The van der Waals surface area contributed by atoms with Crippen molar-refractivity contribution >= 4 is 5.96 Å². The zero-order valence-electron chi connectivity index (χ0n) is 13.7. The van der Waals surface area contributed by atoms with E-state index in [1.54, 1.807) is 27.7 Å². The Morgan fingerprint density at radius 3 is 1.25 bits per heavy atom. The summed E-state index contributed by atoms with van der Waals surface area (Å²) < 4.78 is 102. The average molecular weight is 372 g/mol. The highest BCUT2D eigenvalue weighted by Gasteiger charge is 2.45. The molecule has 0 saturated carbocycles. The van der Waals surface area contributed by atoms with E-state index in [2.05, 4.69) is 0 Å². The predicted molar refractivity (Wildman–Crippen MR) is 73.4 cm³/mol.